The lowest BCUT2D eigenvalue weighted by Crippen LogP contribution is -2.32. The Morgan fingerprint density at radius 1 is 1.78 bits per heavy atom. The summed E-state index contributed by atoms with van der Waals surface area (Å²) in [5.74, 6) is -0.939. The van der Waals surface area contributed by atoms with Gasteiger partial charge >= 0.3 is 5.97 Å². The van der Waals surface area contributed by atoms with Gasteiger partial charge in [-0.05, 0) is 0 Å². The van der Waals surface area contributed by atoms with E-state index in [0.717, 1.165) is 0 Å². The molecule has 0 radical (unpaired) electrons. The summed E-state index contributed by atoms with van der Waals surface area (Å²) < 4.78 is 0. The first-order valence-electron chi connectivity index (χ1n) is 2.35. The van der Waals surface area contributed by atoms with Crippen molar-refractivity contribution in [3.8, 4) is 0 Å². The van der Waals surface area contributed by atoms with Crippen molar-refractivity contribution in [3.05, 3.63) is 0 Å². The molecule has 0 saturated carbocycles. The van der Waals surface area contributed by atoms with Crippen molar-refractivity contribution >= 4 is 23.2 Å². The van der Waals surface area contributed by atoms with Crippen molar-refractivity contribution in [1.82, 2.24) is 5.32 Å². The van der Waals surface area contributed by atoms with Crippen LogP contribution in [0.4, 0.5) is 0 Å². The highest BCUT2D eigenvalue weighted by molar-refractivity contribution is 7.80. The Morgan fingerprint density at radius 3 is 2.67 bits per heavy atom. The normalized spacial score (nSPS) is 8.56. The van der Waals surface area contributed by atoms with Crippen LogP contribution in [-0.4, -0.2) is 29.2 Å². The second-order valence-electron chi connectivity index (χ2n) is 1.37. The molecule has 0 aliphatic rings. The number of nitrogens with two attached hydrogens (primary N) is 1. The van der Waals surface area contributed by atoms with E-state index in [-0.39, 0.29) is 13.1 Å². The average molecular weight is 148 g/mol. The number of carbonyl (C=O) groups is 1. The first-order valence-corrected chi connectivity index (χ1v) is 2.76. The Morgan fingerprint density at radius 2 is 2.33 bits per heavy atom. The van der Waals surface area contributed by atoms with E-state index in [9.17, 15) is 4.79 Å². The molecule has 0 amide bonds. The quantitative estimate of drug-likeness (QED) is 0.445. The first kappa shape index (κ1) is 8.32. The Balaban J connectivity index is 3.28. The zero-order chi connectivity index (χ0) is 7.28. The van der Waals surface area contributed by atoms with Crippen LogP contribution in [0.15, 0.2) is 0 Å². The number of hydrogen-bond acceptors (Lipinski definition) is 3. The standard InChI is InChI=1S/C4H8N2O2S/c5-1-3(9)6-2-4(7)8/h1-2,5H2,(H,6,9)(H,7,8). The molecular formula is C4H8N2O2S. The number of rotatable bonds is 3. The summed E-state index contributed by atoms with van der Waals surface area (Å²) in [7, 11) is 0. The maximum Gasteiger partial charge on any atom is 0.322 e. The molecule has 0 atom stereocenters. The highest BCUT2D eigenvalue weighted by atomic mass is 32.1. The summed E-state index contributed by atoms with van der Waals surface area (Å²) in [4.78, 5) is 10.2. The molecule has 0 aromatic rings. The van der Waals surface area contributed by atoms with Crippen LogP contribution in [0.2, 0.25) is 0 Å². The summed E-state index contributed by atoms with van der Waals surface area (Å²) in [6.45, 7) is 0.0403. The Bertz CT molecular complexity index is 126. The Labute approximate surface area is 58.0 Å². The van der Waals surface area contributed by atoms with E-state index in [1.54, 1.807) is 0 Å². The number of thiocarbonyl (C=S) groups is 1. The lowest BCUT2D eigenvalue weighted by atomic mass is 10.6. The minimum absolute atomic E-state index is 0.157. The zero-order valence-electron chi connectivity index (χ0n) is 4.76. The van der Waals surface area contributed by atoms with Crippen LogP contribution in [0.25, 0.3) is 0 Å². The van der Waals surface area contributed by atoms with E-state index in [4.69, 9.17) is 10.8 Å². The molecule has 0 fully saturated rings. The van der Waals surface area contributed by atoms with Gasteiger partial charge in [0.05, 0.1) is 4.99 Å². The van der Waals surface area contributed by atoms with Gasteiger partial charge in [-0.15, -0.1) is 0 Å². The number of carboxylic acid groups (broad SMARTS) is 1. The fourth-order valence-corrected chi connectivity index (χ4v) is 0.319. The molecule has 9 heavy (non-hydrogen) atoms. The van der Waals surface area contributed by atoms with Crippen molar-refractivity contribution < 1.29 is 9.90 Å². The summed E-state index contributed by atoms with van der Waals surface area (Å²) in [5.41, 5.74) is 5.06. The SMILES string of the molecule is NCC(=S)NCC(=O)O. The second-order valence-corrected chi connectivity index (χ2v) is 1.87. The van der Waals surface area contributed by atoms with Crippen molar-refractivity contribution in [2.45, 2.75) is 0 Å². The number of hydrogen-bond donors (Lipinski definition) is 3. The first-order chi connectivity index (χ1) is 4.16. The molecule has 4 N–H and O–H groups in total. The fraction of sp³-hybridized carbons (Fsp3) is 0.500. The van der Waals surface area contributed by atoms with Gasteiger partial charge in [0.2, 0.25) is 0 Å². The topological polar surface area (TPSA) is 75.3 Å². The molecule has 0 spiro atoms. The summed E-state index contributed by atoms with van der Waals surface area (Å²) in [6, 6.07) is 0. The highest BCUT2D eigenvalue weighted by Gasteiger charge is 1.95. The van der Waals surface area contributed by atoms with Crippen molar-refractivity contribution in [2.75, 3.05) is 13.1 Å². The van der Waals surface area contributed by atoms with E-state index in [1.165, 1.54) is 0 Å². The predicted molar refractivity (Wildman–Crippen MR) is 37.3 cm³/mol. The van der Waals surface area contributed by atoms with Crippen LogP contribution < -0.4 is 11.1 Å². The van der Waals surface area contributed by atoms with Gasteiger partial charge in [0, 0.05) is 6.54 Å². The van der Waals surface area contributed by atoms with Gasteiger partial charge < -0.3 is 16.2 Å². The van der Waals surface area contributed by atoms with Crippen LogP contribution >= 0.6 is 12.2 Å². The molecule has 0 unspecified atom stereocenters. The highest BCUT2D eigenvalue weighted by Crippen LogP contribution is 1.65. The molecule has 0 saturated heterocycles. The zero-order valence-corrected chi connectivity index (χ0v) is 5.57. The van der Waals surface area contributed by atoms with Crippen molar-refractivity contribution in [2.24, 2.45) is 5.73 Å². The van der Waals surface area contributed by atoms with Crippen molar-refractivity contribution in [1.29, 1.82) is 0 Å². The predicted octanol–water partition coefficient (Wildman–Crippen LogP) is -1.05. The maximum atomic E-state index is 9.86. The van der Waals surface area contributed by atoms with E-state index in [0.29, 0.717) is 4.99 Å². The molecule has 0 heterocycles. The molecule has 0 bridgehead atoms. The molecule has 4 nitrogen and oxygen atoms in total. The molecule has 0 aromatic carbocycles. The van der Waals surface area contributed by atoms with Crippen LogP contribution in [0.5, 0.6) is 0 Å². The molecule has 0 aliphatic heterocycles. The van der Waals surface area contributed by atoms with E-state index in [2.05, 4.69) is 17.5 Å². The Kier molecular flexibility index (Phi) is 3.90. The van der Waals surface area contributed by atoms with Crippen LogP contribution in [0.1, 0.15) is 0 Å². The van der Waals surface area contributed by atoms with Crippen LogP contribution in [-0.2, 0) is 4.79 Å². The third-order valence-electron chi connectivity index (χ3n) is 0.622. The fourth-order valence-electron chi connectivity index (χ4n) is 0.246. The average Bonchev–Trinajstić information content (AvgIpc) is 1.83. The van der Waals surface area contributed by atoms with Gasteiger partial charge in [-0.3, -0.25) is 4.79 Å². The Hall–Kier alpha value is -0.680. The molecule has 0 aromatic heterocycles. The largest absolute Gasteiger partial charge is 0.480 e. The monoisotopic (exact) mass is 148 g/mol. The van der Waals surface area contributed by atoms with Gasteiger partial charge in [-0.1, -0.05) is 12.2 Å². The molecular weight excluding hydrogens is 140 g/mol. The molecule has 5 heteroatoms. The summed E-state index contributed by atoms with van der Waals surface area (Å²) in [6.07, 6.45) is 0. The van der Waals surface area contributed by atoms with Gasteiger partial charge in [0.25, 0.3) is 0 Å². The second kappa shape index (κ2) is 4.22. The van der Waals surface area contributed by atoms with E-state index < -0.39 is 5.97 Å². The molecule has 52 valence electrons. The van der Waals surface area contributed by atoms with Crippen LogP contribution in [0.3, 0.4) is 0 Å². The van der Waals surface area contributed by atoms with Gasteiger partial charge in [0.1, 0.15) is 6.54 Å². The lowest BCUT2D eigenvalue weighted by Gasteiger charge is -1.99. The number of carboxylic acids is 1. The molecule has 0 aliphatic carbocycles. The number of aliphatic carboxylic acids is 1. The third-order valence-corrected chi connectivity index (χ3v) is 0.933. The minimum atomic E-state index is -0.939. The molecule has 0 rings (SSSR count). The van der Waals surface area contributed by atoms with Crippen molar-refractivity contribution in [3.63, 3.8) is 0 Å². The van der Waals surface area contributed by atoms with Gasteiger partial charge in [-0.2, -0.15) is 0 Å². The van der Waals surface area contributed by atoms with E-state index >= 15 is 0 Å². The van der Waals surface area contributed by atoms with Crippen LogP contribution in [0, 0.1) is 0 Å². The smallest absolute Gasteiger partial charge is 0.322 e. The maximum absolute atomic E-state index is 9.86. The minimum Gasteiger partial charge on any atom is -0.480 e. The summed E-state index contributed by atoms with van der Waals surface area (Å²) >= 11 is 4.57. The lowest BCUT2D eigenvalue weighted by molar-refractivity contribution is -0.135. The summed E-state index contributed by atoms with van der Waals surface area (Å²) in [5, 5.41) is 10.5. The van der Waals surface area contributed by atoms with Gasteiger partial charge in [-0.25, -0.2) is 0 Å². The van der Waals surface area contributed by atoms with Gasteiger partial charge in [0.15, 0.2) is 0 Å². The van der Waals surface area contributed by atoms with E-state index in [1.807, 2.05) is 0 Å². The number of nitrogens with one attached hydrogen (secondary N) is 1. The third kappa shape index (κ3) is 5.19.